The number of allylic oxidation sites excluding steroid dienone is 6. The summed E-state index contributed by atoms with van der Waals surface area (Å²) in [7, 11) is 0. The largest absolute Gasteiger partial charge is 2.00 e. The van der Waals surface area contributed by atoms with Crippen LogP contribution in [0.3, 0.4) is 0 Å². The molecule has 3 rings (SSSR count). The van der Waals surface area contributed by atoms with Crippen LogP contribution in [0.25, 0.3) is 0 Å². The van der Waals surface area contributed by atoms with E-state index in [9.17, 15) is 0 Å². The fraction of sp³-hybridized carbons (Fsp3) is 0. The minimum atomic E-state index is 0. The summed E-state index contributed by atoms with van der Waals surface area (Å²) in [4.78, 5) is 15.7. The molecule has 0 amide bonds. The van der Waals surface area contributed by atoms with Crippen LogP contribution in [0.1, 0.15) is 0 Å². The molecule has 3 radical (unpaired) electrons. The van der Waals surface area contributed by atoms with Crippen LogP contribution in [0.15, 0.2) is 51.0 Å². The maximum atomic E-state index is 3.08. The summed E-state index contributed by atoms with van der Waals surface area (Å²) in [6, 6.07) is 0. The van der Waals surface area contributed by atoms with Gasteiger partial charge in [0.2, 0.25) is 0 Å². The number of hydrogen-bond donors (Lipinski definition) is 0. The molecule has 105 valence electrons. The molecule has 0 nitrogen and oxygen atoms in total. The van der Waals surface area contributed by atoms with Crippen molar-refractivity contribution in [1.29, 1.82) is 0 Å². The molecule has 0 fully saturated rings. The van der Waals surface area contributed by atoms with E-state index in [2.05, 4.69) is 29.2 Å². The Bertz CT molecular complexity index is 262. The standard InChI is InChI=1S/3C4H3As.3ClH.3Zr/c3*1-2-4-5-3-1;;;;;;/h3*1-3H;3*1H;;;/q3*-1;;;;3*+2/p-3. The van der Waals surface area contributed by atoms with Crippen molar-refractivity contribution in [2.24, 2.45) is 0 Å². The molecule has 0 saturated heterocycles. The summed E-state index contributed by atoms with van der Waals surface area (Å²) in [6.07, 6.45) is 12.0. The van der Waals surface area contributed by atoms with E-state index in [1.807, 2.05) is 36.5 Å². The van der Waals surface area contributed by atoms with Crippen molar-refractivity contribution in [3.63, 3.8) is 0 Å². The van der Waals surface area contributed by atoms with Gasteiger partial charge in [-0.1, -0.05) is 0 Å². The average Bonchev–Trinajstić information content (AvgIpc) is 3.09. The second-order valence-corrected chi connectivity index (χ2v) is 7.43. The van der Waals surface area contributed by atoms with Crippen molar-refractivity contribution in [2.45, 2.75) is 0 Å². The molecule has 3 aliphatic rings. The maximum Gasteiger partial charge on any atom is 2.00 e. The van der Waals surface area contributed by atoms with E-state index in [1.165, 1.54) is 0 Å². The van der Waals surface area contributed by atoms with Gasteiger partial charge in [0.05, 0.1) is 0 Å². The van der Waals surface area contributed by atoms with Crippen LogP contribution in [-0.4, -0.2) is 47.3 Å². The molecule has 3 aliphatic heterocycles. The van der Waals surface area contributed by atoms with Crippen LogP contribution in [0.2, 0.25) is 0 Å². The molecular formula is C12H9As3Cl3Zr3. The molecule has 0 bridgehead atoms. The first-order valence-corrected chi connectivity index (χ1v) is 10.4. The first-order valence-electron chi connectivity index (χ1n) is 4.31. The van der Waals surface area contributed by atoms with Crippen LogP contribution >= 0.6 is 0 Å². The van der Waals surface area contributed by atoms with Crippen molar-refractivity contribution >= 4 is 47.3 Å². The number of rotatable bonds is 0. The zero-order valence-corrected chi connectivity index (χ0v) is 25.9. The Balaban J connectivity index is -0.0000000352. The Kier molecular flexibility index (Phi) is 65.8. The van der Waals surface area contributed by atoms with E-state index in [4.69, 9.17) is 0 Å². The van der Waals surface area contributed by atoms with Crippen molar-refractivity contribution < 1.29 is 116 Å². The van der Waals surface area contributed by atoms with E-state index in [0.29, 0.717) is 47.3 Å². The van der Waals surface area contributed by atoms with Crippen molar-refractivity contribution in [1.82, 2.24) is 0 Å². The van der Waals surface area contributed by atoms with E-state index in [0.717, 1.165) is 0 Å². The molecule has 0 aliphatic carbocycles. The van der Waals surface area contributed by atoms with E-state index >= 15 is 0 Å². The molecule has 0 aromatic carbocycles. The van der Waals surface area contributed by atoms with Crippen LogP contribution in [-0.2, 0) is 78.6 Å². The smallest absolute Gasteiger partial charge is 1.00 e. The van der Waals surface area contributed by atoms with Gasteiger partial charge in [-0.2, -0.15) is 0 Å². The molecule has 0 aromatic heterocycles. The predicted octanol–water partition coefficient (Wildman–Crippen LogP) is -7.39. The summed E-state index contributed by atoms with van der Waals surface area (Å²) < 4.78 is 0. The molecule has 0 atom stereocenters. The summed E-state index contributed by atoms with van der Waals surface area (Å²) >= 11 is 1.10. The van der Waals surface area contributed by atoms with Crippen molar-refractivity contribution in [3.8, 4) is 0 Å². The van der Waals surface area contributed by atoms with Gasteiger partial charge in [0.15, 0.2) is 0 Å². The Morgan fingerprint density at radius 2 is 0.714 bits per heavy atom. The molecule has 9 heteroatoms. The van der Waals surface area contributed by atoms with E-state index in [-0.39, 0.29) is 116 Å². The molecule has 0 aromatic rings. The molecule has 0 spiro atoms. The van der Waals surface area contributed by atoms with Crippen molar-refractivity contribution in [3.05, 3.63) is 65.6 Å². The Morgan fingerprint density at radius 1 is 0.476 bits per heavy atom. The Hall–Kier alpha value is 3.63. The third-order valence-corrected chi connectivity index (χ3v) is 5.12. The molecule has 21 heavy (non-hydrogen) atoms. The second-order valence-electron chi connectivity index (χ2n) is 2.30. The quantitative estimate of drug-likeness (QED) is 0.171. The Labute approximate surface area is 224 Å². The first-order chi connectivity index (χ1) is 7.50. The van der Waals surface area contributed by atoms with Gasteiger partial charge in [-0.15, -0.1) is 0 Å². The topological polar surface area (TPSA) is 0 Å². The molecule has 0 saturated carbocycles. The van der Waals surface area contributed by atoms with E-state index in [1.54, 1.807) is 0 Å². The molecule has 0 unspecified atom stereocenters. The van der Waals surface area contributed by atoms with Crippen LogP contribution in [0.4, 0.5) is 0 Å². The monoisotopic (exact) mass is 752 g/mol. The third kappa shape index (κ3) is 31.9. The van der Waals surface area contributed by atoms with Crippen LogP contribution in [0.5, 0.6) is 0 Å². The van der Waals surface area contributed by atoms with Gasteiger partial charge >= 0.3 is 192 Å². The second kappa shape index (κ2) is 34.9. The predicted molar refractivity (Wildman–Crippen MR) is 68.1 cm³/mol. The Morgan fingerprint density at radius 3 is 0.762 bits per heavy atom. The zero-order valence-electron chi connectivity index (χ0n) is 10.7. The number of hydrogen-bond acceptors (Lipinski definition) is 0. The summed E-state index contributed by atoms with van der Waals surface area (Å²) in [5.41, 5.74) is 0. The van der Waals surface area contributed by atoms with Gasteiger partial charge in [-0.25, -0.2) is 0 Å². The summed E-state index contributed by atoms with van der Waals surface area (Å²) in [5.74, 6) is 0. The minimum absolute atomic E-state index is 0. The number of halogens is 3. The minimum Gasteiger partial charge on any atom is -1.00 e. The SMILES string of the molecule is [C-]1=CC=C[As]1.[C-]1=CC=C[As]1.[C-]1=CC=C[As]1.[Cl-].[Cl-].[Cl-].[Zr+2].[Zr+2].[Zr+2]. The van der Waals surface area contributed by atoms with Gasteiger partial charge in [0, 0.05) is 0 Å². The fourth-order valence-electron chi connectivity index (χ4n) is 0.645. The van der Waals surface area contributed by atoms with Crippen LogP contribution in [0, 0.1) is 14.6 Å². The molecule has 3 heterocycles. The summed E-state index contributed by atoms with van der Waals surface area (Å²) in [5, 5.41) is 0. The normalized spacial score (nSPS) is 16.0. The van der Waals surface area contributed by atoms with Crippen molar-refractivity contribution in [2.75, 3.05) is 0 Å². The molecule has 0 N–H and O–H groups in total. The van der Waals surface area contributed by atoms with Gasteiger partial charge in [0.25, 0.3) is 0 Å². The third-order valence-electron chi connectivity index (χ3n) is 1.22. The van der Waals surface area contributed by atoms with Gasteiger partial charge < -0.3 is 37.2 Å². The molecular weight excluding hydrogens is 749 g/mol. The average molecular weight is 758 g/mol. The van der Waals surface area contributed by atoms with Crippen LogP contribution < -0.4 is 37.2 Å². The van der Waals surface area contributed by atoms with Gasteiger partial charge in [0.1, 0.15) is 0 Å². The summed E-state index contributed by atoms with van der Waals surface area (Å²) in [6.45, 7) is 0. The zero-order chi connectivity index (χ0) is 10.6. The van der Waals surface area contributed by atoms with E-state index < -0.39 is 0 Å². The maximum absolute atomic E-state index is 3.08. The fourth-order valence-corrected chi connectivity index (χ4v) is 3.35. The van der Waals surface area contributed by atoms with Gasteiger partial charge in [-0.05, 0) is 0 Å². The first kappa shape index (κ1) is 39.6. The van der Waals surface area contributed by atoms with Gasteiger partial charge in [-0.3, -0.25) is 0 Å².